The number of sulfonamides is 1. The standard InChI is InChI=1S/C13H14N4O2S/c18-20(19,17-13-9-14-6-7-16-13)11-4-3-10-2-1-5-15-12(10)8-11/h3-4,6-9,15H,1-2,5H2,(H,16,17). The van der Waals surface area contributed by atoms with Crippen molar-refractivity contribution in [3.05, 3.63) is 42.4 Å². The van der Waals surface area contributed by atoms with Crippen LogP contribution in [0.3, 0.4) is 0 Å². The van der Waals surface area contributed by atoms with E-state index in [2.05, 4.69) is 20.0 Å². The van der Waals surface area contributed by atoms with Crippen LogP contribution >= 0.6 is 0 Å². The monoisotopic (exact) mass is 290 g/mol. The van der Waals surface area contributed by atoms with Crippen molar-refractivity contribution < 1.29 is 8.42 Å². The van der Waals surface area contributed by atoms with Crippen LogP contribution in [0.25, 0.3) is 0 Å². The lowest BCUT2D eigenvalue weighted by Crippen LogP contribution is -2.16. The predicted molar refractivity (Wildman–Crippen MR) is 76.1 cm³/mol. The zero-order valence-electron chi connectivity index (χ0n) is 10.7. The van der Waals surface area contributed by atoms with Crippen LogP contribution in [0.15, 0.2) is 41.7 Å². The average Bonchev–Trinajstić information content (AvgIpc) is 2.47. The molecular weight excluding hydrogens is 276 g/mol. The van der Waals surface area contributed by atoms with Gasteiger partial charge >= 0.3 is 0 Å². The van der Waals surface area contributed by atoms with Gasteiger partial charge in [-0.25, -0.2) is 13.4 Å². The molecule has 0 spiro atoms. The topological polar surface area (TPSA) is 84.0 Å². The number of rotatable bonds is 3. The molecule has 2 N–H and O–H groups in total. The summed E-state index contributed by atoms with van der Waals surface area (Å²) in [6.07, 6.45) is 6.33. The number of nitrogens with one attached hydrogen (secondary N) is 2. The molecule has 104 valence electrons. The Morgan fingerprint density at radius 3 is 2.95 bits per heavy atom. The fourth-order valence-corrected chi connectivity index (χ4v) is 3.17. The van der Waals surface area contributed by atoms with Crippen LogP contribution in [-0.2, 0) is 16.4 Å². The minimum atomic E-state index is -3.64. The molecule has 2 heterocycles. The van der Waals surface area contributed by atoms with Gasteiger partial charge in [-0.05, 0) is 30.5 Å². The number of aryl methyl sites for hydroxylation is 1. The number of hydrogen-bond acceptors (Lipinski definition) is 5. The summed E-state index contributed by atoms with van der Waals surface area (Å²) in [4.78, 5) is 7.96. The Hall–Kier alpha value is -2.15. The first-order chi connectivity index (χ1) is 9.65. The second-order valence-electron chi connectivity index (χ2n) is 4.55. The lowest BCUT2D eigenvalue weighted by Gasteiger charge is -2.18. The zero-order chi connectivity index (χ0) is 14.0. The summed E-state index contributed by atoms with van der Waals surface area (Å²) < 4.78 is 27.0. The summed E-state index contributed by atoms with van der Waals surface area (Å²) >= 11 is 0. The van der Waals surface area contributed by atoms with E-state index in [0.717, 1.165) is 30.6 Å². The summed E-state index contributed by atoms with van der Waals surface area (Å²) in [6.45, 7) is 0.869. The van der Waals surface area contributed by atoms with Crippen molar-refractivity contribution in [2.24, 2.45) is 0 Å². The number of anilines is 2. The van der Waals surface area contributed by atoms with E-state index >= 15 is 0 Å². The van der Waals surface area contributed by atoms with E-state index in [1.54, 1.807) is 12.1 Å². The minimum Gasteiger partial charge on any atom is -0.385 e. The smallest absolute Gasteiger partial charge is 0.263 e. The minimum absolute atomic E-state index is 0.207. The van der Waals surface area contributed by atoms with Crippen molar-refractivity contribution >= 4 is 21.5 Å². The fraction of sp³-hybridized carbons (Fsp3) is 0.231. The normalized spacial score (nSPS) is 14.2. The Kier molecular flexibility index (Phi) is 3.27. The highest BCUT2D eigenvalue weighted by molar-refractivity contribution is 7.92. The van der Waals surface area contributed by atoms with Gasteiger partial charge in [0.1, 0.15) is 0 Å². The largest absolute Gasteiger partial charge is 0.385 e. The molecule has 1 aliphatic heterocycles. The molecule has 1 aromatic heterocycles. The summed E-state index contributed by atoms with van der Waals surface area (Å²) in [5.74, 6) is 0.207. The summed E-state index contributed by atoms with van der Waals surface area (Å²) in [5.41, 5.74) is 2.04. The molecule has 6 nitrogen and oxygen atoms in total. The van der Waals surface area contributed by atoms with Crippen molar-refractivity contribution in [3.63, 3.8) is 0 Å². The summed E-state index contributed by atoms with van der Waals surface area (Å²) in [7, 11) is -3.64. The lowest BCUT2D eigenvalue weighted by molar-refractivity contribution is 0.601. The quantitative estimate of drug-likeness (QED) is 0.897. The Morgan fingerprint density at radius 2 is 2.15 bits per heavy atom. The van der Waals surface area contributed by atoms with Crippen LogP contribution in [0.5, 0.6) is 0 Å². The lowest BCUT2D eigenvalue weighted by atomic mass is 10.0. The van der Waals surface area contributed by atoms with Gasteiger partial charge in [-0.1, -0.05) is 6.07 Å². The molecule has 3 rings (SSSR count). The summed E-state index contributed by atoms with van der Waals surface area (Å²) in [5, 5.41) is 3.22. The molecule has 7 heteroatoms. The number of fused-ring (bicyclic) bond motifs is 1. The molecule has 0 radical (unpaired) electrons. The van der Waals surface area contributed by atoms with Gasteiger partial charge in [0.05, 0.1) is 11.1 Å². The van der Waals surface area contributed by atoms with Gasteiger partial charge in [-0.3, -0.25) is 9.71 Å². The van der Waals surface area contributed by atoms with E-state index in [1.165, 1.54) is 18.6 Å². The molecule has 0 atom stereocenters. The van der Waals surface area contributed by atoms with Crippen molar-refractivity contribution in [3.8, 4) is 0 Å². The predicted octanol–water partition coefficient (Wildman–Crippen LogP) is 1.64. The number of benzene rings is 1. The molecule has 0 fully saturated rings. The maximum absolute atomic E-state index is 12.3. The Morgan fingerprint density at radius 1 is 1.25 bits per heavy atom. The van der Waals surface area contributed by atoms with E-state index < -0.39 is 10.0 Å². The van der Waals surface area contributed by atoms with Crippen molar-refractivity contribution in [2.45, 2.75) is 17.7 Å². The Balaban J connectivity index is 1.91. The molecule has 2 aromatic rings. The van der Waals surface area contributed by atoms with Gasteiger partial charge in [-0.15, -0.1) is 0 Å². The molecule has 1 aliphatic rings. The van der Waals surface area contributed by atoms with Gasteiger partial charge in [0, 0.05) is 24.6 Å². The summed E-state index contributed by atoms with van der Waals surface area (Å²) in [6, 6.07) is 5.13. The molecule has 0 aliphatic carbocycles. The first-order valence-electron chi connectivity index (χ1n) is 6.31. The van der Waals surface area contributed by atoms with E-state index in [4.69, 9.17) is 0 Å². The van der Waals surface area contributed by atoms with E-state index in [0.29, 0.717) is 0 Å². The second kappa shape index (κ2) is 5.09. The van der Waals surface area contributed by atoms with Crippen LogP contribution in [-0.4, -0.2) is 24.9 Å². The molecule has 1 aromatic carbocycles. The Bertz CT molecular complexity index is 716. The Labute approximate surface area is 117 Å². The van der Waals surface area contributed by atoms with Crippen molar-refractivity contribution in [1.82, 2.24) is 9.97 Å². The molecule has 0 bridgehead atoms. The van der Waals surface area contributed by atoms with Crippen LogP contribution in [0.4, 0.5) is 11.5 Å². The third-order valence-corrected chi connectivity index (χ3v) is 4.48. The van der Waals surface area contributed by atoms with Crippen molar-refractivity contribution in [2.75, 3.05) is 16.6 Å². The van der Waals surface area contributed by atoms with Crippen LogP contribution < -0.4 is 10.0 Å². The first-order valence-corrected chi connectivity index (χ1v) is 7.79. The average molecular weight is 290 g/mol. The number of nitrogens with zero attached hydrogens (tertiary/aromatic N) is 2. The van der Waals surface area contributed by atoms with Gasteiger partial charge in [0.15, 0.2) is 5.82 Å². The van der Waals surface area contributed by atoms with Crippen LogP contribution in [0, 0.1) is 0 Å². The zero-order valence-corrected chi connectivity index (χ0v) is 11.5. The second-order valence-corrected chi connectivity index (χ2v) is 6.23. The number of aromatic nitrogens is 2. The molecule has 0 saturated carbocycles. The molecular formula is C13H14N4O2S. The third kappa shape index (κ3) is 2.57. The van der Waals surface area contributed by atoms with Gasteiger partial charge in [0.25, 0.3) is 10.0 Å². The van der Waals surface area contributed by atoms with Crippen LogP contribution in [0.2, 0.25) is 0 Å². The van der Waals surface area contributed by atoms with Crippen molar-refractivity contribution in [1.29, 1.82) is 0 Å². The van der Waals surface area contributed by atoms with E-state index in [1.807, 2.05) is 6.07 Å². The van der Waals surface area contributed by atoms with Gasteiger partial charge in [0.2, 0.25) is 0 Å². The SMILES string of the molecule is O=S(=O)(Nc1cnccn1)c1ccc2c(c1)NCCC2. The fourth-order valence-electron chi connectivity index (χ4n) is 2.16. The maximum Gasteiger partial charge on any atom is 0.263 e. The van der Waals surface area contributed by atoms with E-state index in [9.17, 15) is 8.42 Å². The molecule has 0 unspecified atom stereocenters. The van der Waals surface area contributed by atoms with Gasteiger partial charge in [-0.2, -0.15) is 0 Å². The molecule has 0 saturated heterocycles. The maximum atomic E-state index is 12.3. The van der Waals surface area contributed by atoms with E-state index in [-0.39, 0.29) is 10.7 Å². The highest BCUT2D eigenvalue weighted by Gasteiger charge is 2.18. The van der Waals surface area contributed by atoms with Gasteiger partial charge < -0.3 is 5.32 Å². The highest BCUT2D eigenvalue weighted by atomic mass is 32.2. The third-order valence-electron chi connectivity index (χ3n) is 3.13. The first kappa shape index (κ1) is 12.9. The highest BCUT2D eigenvalue weighted by Crippen LogP contribution is 2.25. The molecule has 0 amide bonds. The number of hydrogen-bond donors (Lipinski definition) is 2. The molecule has 20 heavy (non-hydrogen) atoms. The van der Waals surface area contributed by atoms with Crippen LogP contribution in [0.1, 0.15) is 12.0 Å².